The van der Waals surface area contributed by atoms with Crippen LogP contribution in [0.15, 0.2) is 66.9 Å². The van der Waals surface area contributed by atoms with Crippen molar-refractivity contribution < 1.29 is 4.79 Å². The molecule has 0 bridgehead atoms. The molecule has 1 fully saturated rings. The van der Waals surface area contributed by atoms with Crippen molar-refractivity contribution in [3.05, 3.63) is 77.4 Å². The molecule has 2 aromatic carbocycles. The van der Waals surface area contributed by atoms with Crippen LogP contribution in [0.4, 0.5) is 5.82 Å². The standard InChI is InChI=1S/C19H16ClN3O/c20-15-7-4-8-16(13-15)23-12-9-17(22-23)21-18(24)19(10-11-19)14-5-2-1-3-6-14/h1-9,12-13H,10-11H2,(H,21,22,24). The predicted octanol–water partition coefficient (Wildman–Crippen LogP) is 4.20. The van der Waals surface area contributed by atoms with E-state index in [0.29, 0.717) is 10.8 Å². The molecule has 4 rings (SSSR count). The number of nitrogens with one attached hydrogen (secondary N) is 1. The van der Waals surface area contributed by atoms with Crippen LogP contribution in [0.25, 0.3) is 5.69 Å². The molecule has 24 heavy (non-hydrogen) atoms. The van der Waals surface area contributed by atoms with Gasteiger partial charge >= 0.3 is 0 Å². The first-order valence-corrected chi connectivity index (χ1v) is 8.24. The number of aromatic nitrogens is 2. The third-order valence-corrected chi connectivity index (χ3v) is 4.65. The SMILES string of the molecule is O=C(Nc1ccn(-c2cccc(Cl)c2)n1)C1(c2ccccc2)CC1. The molecule has 0 spiro atoms. The lowest BCUT2D eigenvalue weighted by molar-refractivity contribution is -0.118. The Kier molecular flexibility index (Phi) is 3.62. The molecule has 0 saturated heterocycles. The van der Waals surface area contributed by atoms with Gasteiger partial charge in [-0.15, -0.1) is 0 Å². The Hall–Kier alpha value is -2.59. The first kappa shape index (κ1) is 15.0. The molecule has 0 radical (unpaired) electrons. The molecule has 0 atom stereocenters. The van der Waals surface area contributed by atoms with Gasteiger partial charge in [-0.1, -0.05) is 48.0 Å². The van der Waals surface area contributed by atoms with Crippen molar-refractivity contribution in [3.8, 4) is 5.69 Å². The van der Waals surface area contributed by atoms with E-state index in [2.05, 4.69) is 10.4 Å². The normalized spacial score (nSPS) is 15.0. The van der Waals surface area contributed by atoms with E-state index in [4.69, 9.17) is 11.6 Å². The van der Waals surface area contributed by atoms with Crippen LogP contribution in [-0.4, -0.2) is 15.7 Å². The zero-order chi connectivity index (χ0) is 16.6. The molecular formula is C19H16ClN3O. The highest BCUT2D eigenvalue weighted by molar-refractivity contribution is 6.30. The highest BCUT2D eigenvalue weighted by Gasteiger charge is 2.51. The number of hydrogen-bond donors (Lipinski definition) is 1. The van der Waals surface area contributed by atoms with Crippen LogP contribution in [-0.2, 0) is 10.2 Å². The van der Waals surface area contributed by atoms with Crippen LogP contribution < -0.4 is 5.32 Å². The van der Waals surface area contributed by atoms with E-state index in [1.807, 2.05) is 60.8 Å². The third kappa shape index (κ3) is 2.69. The maximum Gasteiger partial charge on any atom is 0.236 e. The van der Waals surface area contributed by atoms with E-state index in [-0.39, 0.29) is 5.91 Å². The fraction of sp³-hybridized carbons (Fsp3) is 0.158. The van der Waals surface area contributed by atoms with Gasteiger partial charge in [0.1, 0.15) is 0 Å². The Morgan fingerprint density at radius 3 is 2.58 bits per heavy atom. The number of amides is 1. The predicted molar refractivity (Wildman–Crippen MR) is 94.6 cm³/mol. The van der Waals surface area contributed by atoms with Crippen LogP contribution in [0, 0.1) is 0 Å². The van der Waals surface area contributed by atoms with Crippen molar-refractivity contribution >= 4 is 23.3 Å². The van der Waals surface area contributed by atoms with Crippen LogP contribution in [0.3, 0.4) is 0 Å². The van der Waals surface area contributed by atoms with Gasteiger partial charge in [0, 0.05) is 17.3 Å². The summed E-state index contributed by atoms with van der Waals surface area (Å²) >= 11 is 6.01. The van der Waals surface area contributed by atoms with Crippen LogP contribution >= 0.6 is 11.6 Å². The number of nitrogens with zero attached hydrogens (tertiary/aromatic N) is 2. The van der Waals surface area contributed by atoms with E-state index in [1.165, 1.54) is 0 Å². The second-order valence-electron chi connectivity index (χ2n) is 6.03. The number of benzene rings is 2. The topological polar surface area (TPSA) is 46.9 Å². The molecule has 1 aromatic heterocycles. The van der Waals surface area contributed by atoms with Gasteiger partial charge in [-0.05, 0) is 36.6 Å². The molecule has 4 nitrogen and oxygen atoms in total. The minimum atomic E-state index is -0.402. The average Bonchev–Trinajstić information content (AvgIpc) is 3.29. The molecular weight excluding hydrogens is 322 g/mol. The van der Waals surface area contributed by atoms with Gasteiger partial charge in [-0.3, -0.25) is 4.79 Å². The van der Waals surface area contributed by atoms with Gasteiger partial charge in [0.15, 0.2) is 5.82 Å². The summed E-state index contributed by atoms with van der Waals surface area (Å²) in [5, 5.41) is 8.01. The number of rotatable bonds is 4. The van der Waals surface area contributed by atoms with Crippen molar-refractivity contribution in [2.75, 3.05) is 5.32 Å². The Labute approximate surface area is 145 Å². The zero-order valence-corrected chi connectivity index (χ0v) is 13.7. The quantitative estimate of drug-likeness (QED) is 0.775. The highest BCUT2D eigenvalue weighted by atomic mass is 35.5. The van der Waals surface area contributed by atoms with Gasteiger partial charge in [0.05, 0.1) is 11.1 Å². The van der Waals surface area contributed by atoms with E-state index < -0.39 is 5.41 Å². The highest BCUT2D eigenvalue weighted by Crippen LogP contribution is 2.48. The Balaban J connectivity index is 1.53. The summed E-state index contributed by atoms with van der Waals surface area (Å²) in [6.07, 6.45) is 3.55. The third-order valence-electron chi connectivity index (χ3n) is 4.41. The van der Waals surface area contributed by atoms with Gasteiger partial charge in [0.2, 0.25) is 5.91 Å². The Morgan fingerprint density at radius 2 is 1.88 bits per heavy atom. The molecule has 1 amide bonds. The van der Waals surface area contributed by atoms with Crippen molar-refractivity contribution in [1.29, 1.82) is 0 Å². The lowest BCUT2D eigenvalue weighted by atomic mass is 9.95. The fourth-order valence-electron chi connectivity index (χ4n) is 2.92. The maximum absolute atomic E-state index is 12.7. The molecule has 0 aliphatic heterocycles. The number of halogens is 1. The molecule has 0 unspecified atom stereocenters. The summed E-state index contributed by atoms with van der Waals surface area (Å²) in [6.45, 7) is 0. The molecule has 1 aliphatic carbocycles. The number of carbonyl (C=O) groups excluding carboxylic acids is 1. The molecule has 5 heteroatoms. The van der Waals surface area contributed by atoms with Crippen LogP contribution in [0.1, 0.15) is 18.4 Å². The summed E-state index contributed by atoms with van der Waals surface area (Å²) in [5.41, 5.74) is 1.52. The average molecular weight is 338 g/mol. The molecule has 1 saturated carbocycles. The lowest BCUT2D eigenvalue weighted by Crippen LogP contribution is -2.28. The van der Waals surface area contributed by atoms with E-state index in [9.17, 15) is 4.79 Å². The summed E-state index contributed by atoms with van der Waals surface area (Å²) < 4.78 is 1.70. The summed E-state index contributed by atoms with van der Waals surface area (Å²) in [5.74, 6) is 0.548. The fourth-order valence-corrected chi connectivity index (χ4v) is 3.10. The minimum Gasteiger partial charge on any atom is -0.308 e. The molecule has 3 aromatic rings. The Morgan fingerprint density at radius 1 is 1.08 bits per heavy atom. The van der Waals surface area contributed by atoms with E-state index in [0.717, 1.165) is 24.1 Å². The first-order valence-electron chi connectivity index (χ1n) is 7.86. The molecule has 1 aliphatic rings. The summed E-state index contributed by atoms with van der Waals surface area (Å²) in [6, 6.07) is 19.1. The van der Waals surface area contributed by atoms with Gasteiger partial charge in [-0.25, -0.2) is 4.68 Å². The first-order chi connectivity index (χ1) is 11.7. The number of anilines is 1. The van der Waals surface area contributed by atoms with Gasteiger partial charge in [-0.2, -0.15) is 5.10 Å². The van der Waals surface area contributed by atoms with Crippen LogP contribution in [0.5, 0.6) is 0 Å². The Bertz CT molecular complexity index is 884. The summed E-state index contributed by atoms with van der Waals surface area (Å²) in [7, 11) is 0. The number of hydrogen-bond acceptors (Lipinski definition) is 2. The lowest BCUT2D eigenvalue weighted by Gasteiger charge is -2.14. The van der Waals surface area contributed by atoms with Crippen molar-refractivity contribution in [2.45, 2.75) is 18.3 Å². The minimum absolute atomic E-state index is 0.00467. The second-order valence-corrected chi connectivity index (χ2v) is 6.46. The smallest absolute Gasteiger partial charge is 0.236 e. The van der Waals surface area contributed by atoms with Crippen LogP contribution in [0.2, 0.25) is 5.02 Å². The molecule has 1 heterocycles. The van der Waals surface area contributed by atoms with Crippen molar-refractivity contribution in [3.63, 3.8) is 0 Å². The summed E-state index contributed by atoms with van der Waals surface area (Å²) in [4.78, 5) is 12.7. The largest absolute Gasteiger partial charge is 0.308 e. The van der Waals surface area contributed by atoms with Crippen molar-refractivity contribution in [1.82, 2.24) is 9.78 Å². The molecule has 1 N–H and O–H groups in total. The monoisotopic (exact) mass is 337 g/mol. The molecule has 120 valence electrons. The van der Waals surface area contributed by atoms with E-state index in [1.54, 1.807) is 10.7 Å². The second kappa shape index (κ2) is 5.80. The number of carbonyl (C=O) groups is 1. The van der Waals surface area contributed by atoms with Gasteiger partial charge < -0.3 is 5.32 Å². The van der Waals surface area contributed by atoms with Crippen molar-refractivity contribution in [2.24, 2.45) is 0 Å². The van der Waals surface area contributed by atoms with E-state index >= 15 is 0 Å². The zero-order valence-electron chi connectivity index (χ0n) is 12.9. The van der Waals surface area contributed by atoms with Gasteiger partial charge in [0.25, 0.3) is 0 Å². The maximum atomic E-state index is 12.7.